The van der Waals surface area contributed by atoms with E-state index in [0.29, 0.717) is 6.42 Å². The van der Waals surface area contributed by atoms with Gasteiger partial charge >= 0.3 is 0 Å². The lowest BCUT2D eigenvalue weighted by molar-refractivity contribution is -0.122. The van der Waals surface area contributed by atoms with Gasteiger partial charge in [0.05, 0.1) is 12.6 Å². The van der Waals surface area contributed by atoms with Crippen molar-refractivity contribution in [3.63, 3.8) is 0 Å². The molecule has 1 amide bonds. The molecular weight excluding hydrogens is 252 g/mol. The lowest BCUT2D eigenvalue weighted by atomic mass is 9.85. The van der Waals surface area contributed by atoms with Gasteiger partial charge in [-0.3, -0.25) is 4.79 Å². The van der Waals surface area contributed by atoms with Gasteiger partial charge in [-0.05, 0) is 17.4 Å². The van der Waals surface area contributed by atoms with E-state index >= 15 is 0 Å². The van der Waals surface area contributed by atoms with Crippen LogP contribution in [0.3, 0.4) is 0 Å². The van der Waals surface area contributed by atoms with Gasteiger partial charge in [0.2, 0.25) is 5.91 Å². The Morgan fingerprint density at radius 1 is 1.30 bits per heavy atom. The number of nitrogens with one attached hydrogen (secondary N) is 1. The normalized spacial score (nSPS) is 14.7. The van der Waals surface area contributed by atoms with E-state index in [1.807, 2.05) is 51.1 Å². The highest BCUT2D eigenvalue weighted by molar-refractivity contribution is 5.77. The van der Waals surface area contributed by atoms with Gasteiger partial charge in [-0.25, -0.2) is 0 Å². The van der Waals surface area contributed by atoms with E-state index in [-0.39, 0.29) is 36.4 Å². The van der Waals surface area contributed by atoms with Gasteiger partial charge in [-0.15, -0.1) is 0 Å². The average Bonchev–Trinajstić information content (AvgIpc) is 2.37. The molecule has 1 aromatic carbocycles. The van der Waals surface area contributed by atoms with Gasteiger partial charge in [0, 0.05) is 12.5 Å². The van der Waals surface area contributed by atoms with Crippen LogP contribution in [0.15, 0.2) is 30.3 Å². The van der Waals surface area contributed by atoms with Crippen molar-refractivity contribution in [3.8, 4) is 0 Å². The highest BCUT2D eigenvalue weighted by Gasteiger charge is 2.24. The van der Waals surface area contributed by atoms with Crippen LogP contribution in [0.2, 0.25) is 0 Å². The van der Waals surface area contributed by atoms with Crippen molar-refractivity contribution >= 4 is 5.91 Å². The molecular formula is C16H26N2O2. The Kier molecular flexibility index (Phi) is 6.17. The van der Waals surface area contributed by atoms with Crippen molar-refractivity contribution in [2.24, 2.45) is 11.1 Å². The minimum Gasteiger partial charge on any atom is -0.394 e. The van der Waals surface area contributed by atoms with Crippen LogP contribution in [0.5, 0.6) is 0 Å². The van der Waals surface area contributed by atoms with Crippen LogP contribution in [0.4, 0.5) is 0 Å². The van der Waals surface area contributed by atoms with Crippen molar-refractivity contribution in [3.05, 3.63) is 35.9 Å². The lowest BCUT2D eigenvalue weighted by Gasteiger charge is -2.27. The summed E-state index contributed by atoms with van der Waals surface area (Å²) >= 11 is 0. The van der Waals surface area contributed by atoms with Crippen molar-refractivity contribution in [1.29, 1.82) is 0 Å². The molecule has 0 heterocycles. The monoisotopic (exact) mass is 278 g/mol. The Balaban J connectivity index is 2.50. The lowest BCUT2D eigenvalue weighted by Crippen LogP contribution is -2.44. The summed E-state index contributed by atoms with van der Waals surface area (Å²) in [5, 5.41) is 12.2. The van der Waals surface area contributed by atoms with E-state index in [4.69, 9.17) is 5.73 Å². The van der Waals surface area contributed by atoms with E-state index < -0.39 is 0 Å². The molecule has 0 aliphatic heterocycles. The molecule has 4 N–H and O–H groups in total. The maximum atomic E-state index is 12.0. The fraction of sp³-hybridized carbons (Fsp3) is 0.562. The third-order valence-corrected chi connectivity index (χ3v) is 3.43. The molecule has 0 saturated carbocycles. The summed E-state index contributed by atoms with van der Waals surface area (Å²) in [7, 11) is 0. The Bertz CT molecular complexity index is 412. The van der Waals surface area contributed by atoms with Crippen molar-refractivity contribution < 1.29 is 9.90 Å². The Morgan fingerprint density at radius 3 is 2.40 bits per heavy atom. The molecule has 2 unspecified atom stereocenters. The molecule has 4 nitrogen and oxygen atoms in total. The van der Waals surface area contributed by atoms with Crippen molar-refractivity contribution in [1.82, 2.24) is 5.32 Å². The first-order valence-electron chi connectivity index (χ1n) is 7.02. The summed E-state index contributed by atoms with van der Waals surface area (Å²) in [5.74, 6) is -0.109. The molecule has 1 aromatic rings. The highest BCUT2D eigenvalue weighted by atomic mass is 16.3. The number of aliphatic hydroxyl groups excluding tert-OH is 1. The van der Waals surface area contributed by atoms with Gasteiger partial charge in [0.1, 0.15) is 0 Å². The molecule has 20 heavy (non-hydrogen) atoms. The van der Waals surface area contributed by atoms with Crippen molar-refractivity contribution in [2.45, 2.75) is 45.7 Å². The summed E-state index contributed by atoms with van der Waals surface area (Å²) in [6.45, 7) is 5.96. The van der Waals surface area contributed by atoms with Gasteiger partial charge in [0.15, 0.2) is 0 Å². The number of carbonyl (C=O) groups is 1. The second-order valence-corrected chi connectivity index (χ2v) is 6.31. The third-order valence-electron chi connectivity index (χ3n) is 3.43. The van der Waals surface area contributed by atoms with Crippen LogP contribution in [0, 0.1) is 5.41 Å². The van der Waals surface area contributed by atoms with E-state index in [2.05, 4.69) is 5.32 Å². The summed E-state index contributed by atoms with van der Waals surface area (Å²) in [6.07, 6.45) is 0.891. The van der Waals surface area contributed by atoms with Gasteiger partial charge in [-0.1, -0.05) is 51.1 Å². The van der Waals surface area contributed by atoms with E-state index in [1.165, 1.54) is 0 Å². The molecule has 2 atom stereocenters. The number of aliphatic hydroxyl groups is 1. The number of hydrogen-bond acceptors (Lipinski definition) is 3. The van der Waals surface area contributed by atoms with Gasteiger partial charge in [0.25, 0.3) is 0 Å². The molecule has 4 heteroatoms. The predicted molar refractivity (Wildman–Crippen MR) is 81.2 cm³/mol. The van der Waals surface area contributed by atoms with Crippen LogP contribution >= 0.6 is 0 Å². The zero-order valence-corrected chi connectivity index (χ0v) is 12.6. The number of hydrogen-bond donors (Lipinski definition) is 3. The zero-order valence-electron chi connectivity index (χ0n) is 12.6. The summed E-state index contributed by atoms with van der Waals surface area (Å²) in [5.41, 5.74) is 6.98. The Labute approximate surface area is 121 Å². The highest BCUT2D eigenvalue weighted by Crippen LogP contribution is 2.19. The SMILES string of the molecule is CC(C)(C)C(N)CC(=O)NC(CO)Cc1ccccc1. The van der Waals surface area contributed by atoms with Crippen LogP contribution in [0.25, 0.3) is 0 Å². The minimum atomic E-state index is -0.267. The summed E-state index contributed by atoms with van der Waals surface area (Å²) in [6, 6.07) is 9.34. The maximum absolute atomic E-state index is 12.0. The van der Waals surface area contributed by atoms with E-state index in [9.17, 15) is 9.90 Å². The molecule has 0 saturated heterocycles. The van der Waals surface area contributed by atoms with Gasteiger partial charge < -0.3 is 16.2 Å². The number of benzene rings is 1. The predicted octanol–water partition coefficient (Wildman–Crippen LogP) is 1.47. The molecule has 0 aliphatic rings. The smallest absolute Gasteiger partial charge is 0.221 e. The molecule has 0 aliphatic carbocycles. The minimum absolute atomic E-state index is 0.0780. The third kappa shape index (κ3) is 5.72. The molecule has 112 valence electrons. The molecule has 0 bridgehead atoms. The quantitative estimate of drug-likeness (QED) is 0.737. The first-order chi connectivity index (χ1) is 9.32. The first-order valence-corrected chi connectivity index (χ1v) is 7.02. The molecule has 0 radical (unpaired) electrons. The van der Waals surface area contributed by atoms with Gasteiger partial charge in [-0.2, -0.15) is 0 Å². The largest absolute Gasteiger partial charge is 0.394 e. The van der Waals surface area contributed by atoms with Crippen LogP contribution < -0.4 is 11.1 Å². The summed E-state index contributed by atoms with van der Waals surface area (Å²) in [4.78, 5) is 12.0. The number of rotatable bonds is 6. The molecule has 0 aromatic heterocycles. The number of amides is 1. The van der Waals surface area contributed by atoms with Crippen LogP contribution in [0.1, 0.15) is 32.8 Å². The second-order valence-electron chi connectivity index (χ2n) is 6.31. The zero-order chi connectivity index (χ0) is 15.2. The van der Waals surface area contributed by atoms with E-state index in [0.717, 1.165) is 5.56 Å². The number of nitrogens with two attached hydrogens (primary N) is 1. The standard InChI is InChI=1S/C16H26N2O2/c1-16(2,3)14(17)10-15(20)18-13(11-19)9-12-7-5-4-6-8-12/h4-8,13-14,19H,9-11,17H2,1-3H3,(H,18,20). The Hall–Kier alpha value is -1.39. The fourth-order valence-electron chi connectivity index (χ4n) is 1.85. The maximum Gasteiger partial charge on any atom is 0.221 e. The first kappa shape index (κ1) is 16.7. The fourth-order valence-corrected chi connectivity index (χ4v) is 1.85. The molecule has 1 rings (SSSR count). The number of carbonyl (C=O) groups excluding carboxylic acids is 1. The van der Waals surface area contributed by atoms with E-state index in [1.54, 1.807) is 0 Å². The van der Waals surface area contributed by atoms with Crippen LogP contribution in [-0.2, 0) is 11.2 Å². The Morgan fingerprint density at radius 2 is 1.90 bits per heavy atom. The average molecular weight is 278 g/mol. The van der Waals surface area contributed by atoms with Crippen LogP contribution in [-0.4, -0.2) is 29.7 Å². The summed E-state index contributed by atoms with van der Waals surface area (Å²) < 4.78 is 0. The second kappa shape index (κ2) is 7.41. The van der Waals surface area contributed by atoms with Crippen molar-refractivity contribution in [2.75, 3.05) is 6.61 Å². The molecule has 0 fully saturated rings. The topological polar surface area (TPSA) is 75.4 Å². The molecule has 0 spiro atoms.